The van der Waals surface area contributed by atoms with E-state index >= 15 is 0 Å². The third-order valence-electron chi connectivity index (χ3n) is 3.45. The molecule has 0 amide bonds. The van der Waals surface area contributed by atoms with Crippen molar-refractivity contribution in [3.05, 3.63) is 22.4 Å². The minimum absolute atomic E-state index is 0.526. The average Bonchev–Trinajstić information content (AvgIpc) is 3.04. The Morgan fingerprint density at radius 2 is 2.33 bits per heavy atom. The van der Waals surface area contributed by atoms with Crippen molar-refractivity contribution in [2.75, 3.05) is 20.1 Å². The molecule has 1 saturated carbocycles. The molecular formula is C14H23N3S. The van der Waals surface area contributed by atoms with Crippen molar-refractivity contribution >= 4 is 17.3 Å². The molecule has 1 aromatic heterocycles. The van der Waals surface area contributed by atoms with Gasteiger partial charge in [-0.05, 0) is 40.6 Å². The largest absolute Gasteiger partial charge is 0.356 e. The molecule has 18 heavy (non-hydrogen) atoms. The Hall–Kier alpha value is -1.03. The molecule has 2 N–H and O–H groups in total. The van der Waals surface area contributed by atoms with Crippen LogP contribution < -0.4 is 10.6 Å². The topological polar surface area (TPSA) is 36.4 Å². The van der Waals surface area contributed by atoms with Crippen molar-refractivity contribution in [3.8, 4) is 0 Å². The van der Waals surface area contributed by atoms with E-state index in [0.29, 0.717) is 5.92 Å². The SMILES string of the molecule is CN=C(NCCC1CC1)NCC(C)c1ccsc1. The Kier molecular flexibility index (Phi) is 5.05. The first-order valence-electron chi connectivity index (χ1n) is 6.76. The molecule has 1 heterocycles. The van der Waals surface area contributed by atoms with Gasteiger partial charge < -0.3 is 10.6 Å². The molecule has 0 saturated heterocycles. The first-order chi connectivity index (χ1) is 8.79. The van der Waals surface area contributed by atoms with Gasteiger partial charge in [0.15, 0.2) is 5.96 Å². The van der Waals surface area contributed by atoms with Gasteiger partial charge in [0.2, 0.25) is 0 Å². The van der Waals surface area contributed by atoms with Crippen molar-refractivity contribution in [1.29, 1.82) is 0 Å². The van der Waals surface area contributed by atoms with E-state index in [0.717, 1.165) is 25.0 Å². The summed E-state index contributed by atoms with van der Waals surface area (Å²) in [6.45, 7) is 4.21. The van der Waals surface area contributed by atoms with E-state index in [9.17, 15) is 0 Å². The van der Waals surface area contributed by atoms with Crippen molar-refractivity contribution in [2.45, 2.75) is 32.1 Å². The summed E-state index contributed by atoms with van der Waals surface area (Å²) < 4.78 is 0. The van der Waals surface area contributed by atoms with Crippen molar-refractivity contribution in [2.24, 2.45) is 10.9 Å². The van der Waals surface area contributed by atoms with Crippen LogP contribution >= 0.6 is 11.3 Å². The van der Waals surface area contributed by atoms with Crippen LogP contribution in [-0.2, 0) is 0 Å². The maximum Gasteiger partial charge on any atom is 0.190 e. The summed E-state index contributed by atoms with van der Waals surface area (Å²) in [6.07, 6.45) is 4.12. The van der Waals surface area contributed by atoms with Gasteiger partial charge >= 0.3 is 0 Å². The normalized spacial score (nSPS) is 17.6. The average molecular weight is 265 g/mol. The molecule has 1 unspecified atom stereocenters. The number of thiophene rings is 1. The molecule has 0 aromatic carbocycles. The summed E-state index contributed by atoms with van der Waals surface area (Å²) in [5.74, 6) is 2.43. The number of hydrogen-bond acceptors (Lipinski definition) is 2. The Balaban J connectivity index is 1.66. The highest BCUT2D eigenvalue weighted by Gasteiger charge is 2.20. The molecular weight excluding hydrogens is 242 g/mol. The predicted molar refractivity (Wildman–Crippen MR) is 79.4 cm³/mol. The minimum Gasteiger partial charge on any atom is -0.356 e. The Morgan fingerprint density at radius 3 is 2.94 bits per heavy atom. The van der Waals surface area contributed by atoms with Gasteiger partial charge in [0.25, 0.3) is 0 Å². The minimum atomic E-state index is 0.526. The Bertz CT molecular complexity index is 368. The molecule has 1 aromatic rings. The van der Waals surface area contributed by atoms with Crippen LogP contribution in [0.1, 0.15) is 37.7 Å². The maximum absolute atomic E-state index is 4.26. The van der Waals surface area contributed by atoms with Gasteiger partial charge in [-0.1, -0.05) is 19.8 Å². The van der Waals surface area contributed by atoms with Crippen molar-refractivity contribution < 1.29 is 0 Å². The van der Waals surface area contributed by atoms with E-state index in [1.54, 1.807) is 11.3 Å². The second-order valence-corrected chi connectivity index (χ2v) is 5.85. The Labute approximate surface area is 114 Å². The standard InChI is InChI=1S/C14H23N3S/c1-11(13-6-8-18-10-13)9-17-14(15-2)16-7-5-12-3-4-12/h6,8,10-12H,3-5,7,9H2,1-2H3,(H2,15,16,17). The number of guanidine groups is 1. The van der Waals surface area contributed by atoms with Gasteiger partial charge in [0.05, 0.1) is 0 Å². The van der Waals surface area contributed by atoms with Crippen LogP contribution in [0.2, 0.25) is 0 Å². The number of aliphatic imine (C=N–C) groups is 1. The van der Waals surface area contributed by atoms with Crippen LogP contribution in [-0.4, -0.2) is 26.1 Å². The van der Waals surface area contributed by atoms with Crippen LogP contribution in [0.4, 0.5) is 0 Å². The quantitative estimate of drug-likeness (QED) is 0.613. The fraction of sp³-hybridized carbons (Fsp3) is 0.643. The molecule has 0 radical (unpaired) electrons. The molecule has 0 aliphatic heterocycles. The van der Waals surface area contributed by atoms with E-state index in [2.05, 4.69) is 39.4 Å². The third-order valence-corrected chi connectivity index (χ3v) is 4.15. The highest BCUT2D eigenvalue weighted by Crippen LogP contribution is 2.31. The highest BCUT2D eigenvalue weighted by atomic mass is 32.1. The second-order valence-electron chi connectivity index (χ2n) is 5.07. The van der Waals surface area contributed by atoms with E-state index in [4.69, 9.17) is 0 Å². The molecule has 100 valence electrons. The van der Waals surface area contributed by atoms with Gasteiger partial charge in [-0.3, -0.25) is 4.99 Å². The fourth-order valence-electron chi connectivity index (χ4n) is 1.94. The fourth-order valence-corrected chi connectivity index (χ4v) is 2.73. The van der Waals surface area contributed by atoms with E-state index < -0.39 is 0 Å². The molecule has 0 spiro atoms. The molecule has 4 heteroatoms. The number of rotatable bonds is 6. The lowest BCUT2D eigenvalue weighted by atomic mass is 10.1. The van der Waals surface area contributed by atoms with Gasteiger partial charge in [-0.15, -0.1) is 0 Å². The van der Waals surface area contributed by atoms with Gasteiger partial charge in [0, 0.05) is 20.1 Å². The zero-order valence-corrected chi connectivity index (χ0v) is 12.1. The summed E-state index contributed by atoms with van der Waals surface area (Å²) in [6, 6.07) is 2.19. The summed E-state index contributed by atoms with van der Waals surface area (Å²) in [5, 5.41) is 11.1. The zero-order chi connectivity index (χ0) is 12.8. The number of nitrogens with zero attached hydrogens (tertiary/aromatic N) is 1. The van der Waals surface area contributed by atoms with Crippen LogP contribution in [0, 0.1) is 5.92 Å². The van der Waals surface area contributed by atoms with Gasteiger partial charge in [-0.2, -0.15) is 11.3 Å². The maximum atomic E-state index is 4.26. The first-order valence-corrected chi connectivity index (χ1v) is 7.70. The lowest BCUT2D eigenvalue weighted by molar-refractivity contribution is 0.666. The van der Waals surface area contributed by atoms with E-state index in [-0.39, 0.29) is 0 Å². The van der Waals surface area contributed by atoms with Crippen LogP contribution in [0.3, 0.4) is 0 Å². The molecule has 2 rings (SSSR count). The number of hydrogen-bond donors (Lipinski definition) is 2. The first kappa shape index (κ1) is 13.4. The molecule has 1 fully saturated rings. The van der Waals surface area contributed by atoms with Crippen LogP contribution in [0.15, 0.2) is 21.8 Å². The highest BCUT2D eigenvalue weighted by molar-refractivity contribution is 7.07. The number of nitrogens with one attached hydrogen (secondary N) is 2. The summed E-state index contributed by atoms with van der Waals surface area (Å²) >= 11 is 1.76. The smallest absolute Gasteiger partial charge is 0.190 e. The van der Waals surface area contributed by atoms with Gasteiger partial charge in [-0.25, -0.2) is 0 Å². The van der Waals surface area contributed by atoms with Gasteiger partial charge in [0.1, 0.15) is 0 Å². The third kappa shape index (κ3) is 4.33. The monoisotopic (exact) mass is 265 g/mol. The molecule has 3 nitrogen and oxygen atoms in total. The summed E-state index contributed by atoms with van der Waals surface area (Å²) in [4.78, 5) is 4.26. The molecule has 1 aliphatic carbocycles. The molecule has 1 aliphatic rings. The lowest BCUT2D eigenvalue weighted by Gasteiger charge is -2.15. The zero-order valence-electron chi connectivity index (χ0n) is 11.3. The molecule has 0 bridgehead atoms. The second kappa shape index (κ2) is 6.78. The van der Waals surface area contributed by atoms with Crippen LogP contribution in [0.5, 0.6) is 0 Å². The van der Waals surface area contributed by atoms with Crippen LogP contribution in [0.25, 0.3) is 0 Å². The van der Waals surface area contributed by atoms with E-state index in [1.165, 1.54) is 24.8 Å². The summed E-state index contributed by atoms with van der Waals surface area (Å²) in [5.41, 5.74) is 1.40. The van der Waals surface area contributed by atoms with E-state index in [1.807, 2.05) is 7.05 Å². The molecule has 1 atom stereocenters. The van der Waals surface area contributed by atoms with Crippen molar-refractivity contribution in [1.82, 2.24) is 10.6 Å². The van der Waals surface area contributed by atoms with Crippen molar-refractivity contribution in [3.63, 3.8) is 0 Å². The lowest BCUT2D eigenvalue weighted by Crippen LogP contribution is -2.39. The summed E-state index contributed by atoms with van der Waals surface area (Å²) in [7, 11) is 1.84. The Morgan fingerprint density at radius 1 is 1.50 bits per heavy atom. The predicted octanol–water partition coefficient (Wildman–Crippen LogP) is 2.82.